The molecular weight excluding hydrogens is 305 g/mol. The van der Waals surface area contributed by atoms with Crippen molar-refractivity contribution in [2.24, 2.45) is 3.25 Å². The van der Waals surface area contributed by atoms with Crippen molar-refractivity contribution >= 4 is 36.7 Å². The Hall–Kier alpha value is -0.570. The first kappa shape index (κ1) is 9.00. The fourth-order valence-corrected chi connectivity index (χ4v) is 4.50. The molecule has 0 aliphatic carbocycles. The Morgan fingerprint density at radius 3 is 3.00 bits per heavy atom. The summed E-state index contributed by atoms with van der Waals surface area (Å²) in [5, 5.41) is 0. The maximum Gasteiger partial charge on any atom is 0.251 e. The first-order valence-electron chi connectivity index (χ1n) is 3.38. The quantitative estimate of drug-likeness (QED) is 0.730. The van der Waals surface area contributed by atoms with Gasteiger partial charge in [-0.1, -0.05) is 0 Å². The number of nitrogens with zero attached hydrogens (tertiary/aromatic N) is 3. The monoisotopic (exact) mass is 311 g/mol. The Morgan fingerprint density at radius 2 is 2.31 bits per heavy atom. The summed E-state index contributed by atoms with van der Waals surface area (Å²) < 4.78 is 28.5. The van der Waals surface area contributed by atoms with Gasteiger partial charge in [-0.3, -0.25) is 4.98 Å². The summed E-state index contributed by atoms with van der Waals surface area (Å²) in [6.45, 7) is 0. The highest BCUT2D eigenvalue weighted by atomic mass is 127. The molecule has 1 aliphatic heterocycles. The van der Waals surface area contributed by atoms with Crippen molar-refractivity contribution in [2.75, 3.05) is 10.7 Å². The van der Waals surface area contributed by atoms with E-state index >= 15 is 0 Å². The number of sulfonamides is 1. The molecule has 7 heteroatoms. The molecule has 0 radical (unpaired) electrons. The van der Waals surface area contributed by atoms with Gasteiger partial charge in [-0.25, -0.2) is 8.42 Å². The molecule has 0 amide bonds. The molecule has 1 aliphatic rings. The van der Waals surface area contributed by atoms with E-state index in [2.05, 4.69) is 8.24 Å². The molecule has 5 nitrogen and oxygen atoms in total. The van der Waals surface area contributed by atoms with Crippen LogP contribution in [0, 0.1) is 3.57 Å². The van der Waals surface area contributed by atoms with Crippen LogP contribution in [0.1, 0.15) is 0 Å². The maximum absolute atomic E-state index is 11.2. The van der Waals surface area contributed by atoms with Gasteiger partial charge < -0.3 is 0 Å². The Bertz CT molecular complexity index is 471. The Kier molecular flexibility index (Phi) is 2.06. The summed E-state index contributed by atoms with van der Waals surface area (Å²) in [4.78, 5) is 3.92. The van der Waals surface area contributed by atoms with Crippen molar-refractivity contribution in [3.05, 3.63) is 22.0 Å². The van der Waals surface area contributed by atoms with E-state index in [1.54, 1.807) is 18.5 Å². The smallest absolute Gasteiger partial charge is 0.251 e. The van der Waals surface area contributed by atoms with Crippen molar-refractivity contribution < 1.29 is 8.42 Å². The topological polar surface area (TPSA) is 62.6 Å². The number of aromatic nitrogens is 1. The van der Waals surface area contributed by atoms with Gasteiger partial charge in [-0.2, -0.15) is 4.41 Å². The van der Waals surface area contributed by atoms with Crippen molar-refractivity contribution in [1.82, 2.24) is 4.98 Å². The fourth-order valence-electron chi connectivity index (χ4n) is 0.939. The highest BCUT2D eigenvalue weighted by Crippen LogP contribution is 2.35. The lowest BCUT2D eigenvalue weighted by Crippen LogP contribution is -2.21. The lowest BCUT2D eigenvalue weighted by molar-refractivity contribution is 0.598. The van der Waals surface area contributed by atoms with Gasteiger partial charge in [0.25, 0.3) is 10.0 Å². The molecule has 70 valence electrons. The van der Waals surface area contributed by atoms with Gasteiger partial charge in [-0.05, 0) is 6.07 Å². The summed E-state index contributed by atoms with van der Waals surface area (Å²) in [7, 11) is -3.25. The van der Waals surface area contributed by atoms with Crippen LogP contribution in [0.5, 0.6) is 0 Å². The van der Waals surface area contributed by atoms with E-state index in [-0.39, 0.29) is 0 Å². The average Bonchev–Trinajstić information content (AvgIpc) is 2.45. The van der Waals surface area contributed by atoms with Gasteiger partial charge >= 0.3 is 0 Å². The van der Waals surface area contributed by atoms with E-state index < -0.39 is 31.1 Å². The SMILES string of the molecule is CS(=O)(=O)N1N=Ic2cnccc21. The summed E-state index contributed by atoms with van der Waals surface area (Å²) in [6.07, 6.45) is 4.40. The summed E-state index contributed by atoms with van der Waals surface area (Å²) in [5.41, 5.74) is 0.658. The predicted molar refractivity (Wildman–Crippen MR) is 56.7 cm³/mol. The normalized spacial score (nSPS) is 15.3. The Labute approximate surface area is 86.0 Å². The van der Waals surface area contributed by atoms with Crippen LogP contribution in [0.3, 0.4) is 0 Å². The van der Waals surface area contributed by atoms with Crippen molar-refractivity contribution in [3.63, 3.8) is 0 Å². The standard InChI is InChI=1S/C6H6IN3O2S/c1-13(11,12)10-6-2-3-8-4-5(6)7-9-10/h2-4H,1H3. The number of halogens is 1. The Balaban J connectivity index is 2.57. The minimum absolute atomic E-state index is 0.574. The maximum atomic E-state index is 11.2. The molecule has 0 aromatic carbocycles. The Morgan fingerprint density at radius 1 is 1.54 bits per heavy atom. The van der Waals surface area contributed by atoms with Crippen LogP contribution in [-0.2, 0) is 10.0 Å². The van der Waals surface area contributed by atoms with Crippen LogP contribution in [0.25, 0.3) is 0 Å². The summed E-state index contributed by atoms with van der Waals surface area (Å²) in [5.74, 6) is 0. The minimum Gasteiger partial charge on any atom is -0.263 e. The minimum atomic E-state index is -3.25. The van der Waals surface area contributed by atoms with Crippen LogP contribution in [-0.4, -0.2) is 19.7 Å². The third-order valence-electron chi connectivity index (χ3n) is 1.47. The molecule has 1 aromatic heterocycles. The predicted octanol–water partition coefficient (Wildman–Crippen LogP) is 1.10. The zero-order valence-corrected chi connectivity index (χ0v) is 9.65. The molecule has 2 rings (SSSR count). The number of anilines is 1. The average molecular weight is 311 g/mol. The van der Waals surface area contributed by atoms with Crippen LogP contribution in [0.2, 0.25) is 0 Å². The third-order valence-corrected chi connectivity index (χ3v) is 4.67. The zero-order chi connectivity index (χ0) is 9.47. The second kappa shape index (κ2) is 2.98. The molecule has 0 unspecified atom stereocenters. The fraction of sp³-hybridized carbons (Fsp3) is 0.167. The highest BCUT2D eigenvalue weighted by molar-refractivity contribution is 14.2. The highest BCUT2D eigenvalue weighted by Gasteiger charge is 2.23. The molecule has 0 N–H and O–H groups in total. The van der Waals surface area contributed by atoms with Gasteiger partial charge in [0, 0.05) is 12.4 Å². The van der Waals surface area contributed by atoms with E-state index in [1.165, 1.54) is 0 Å². The van der Waals surface area contributed by atoms with Gasteiger partial charge in [0.15, 0.2) is 0 Å². The van der Waals surface area contributed by atoms with Crippen LogP contribution in [0.4, 0.5) is 5.69 Å². The molecule has 1 aromatic rings. The lowest BCUT2D eigenvalue weighted by atomic mass is 10.4. The molecule has 2 heterocycles. The van der Waals surface area contributed by atoms with Crippen molar-refractivity contribution in [3.8, 4) is 0 Å². The van der Waals surface area contributed by atoms with Gasteiger partial charge in [0.05, 0.1) is 36.5 Å². The zero-order valence-electron chi connectivity index (χ0n) is 6.68. The lowest BCUT2D eigenvalue weighted by Gasteiger charge is -2.10. The molecule has 0 bridgehead atoms. The van der Waals surface area contributed by atoms with E-state index in [1.807, 2.05) is 0 Å². The van der Waals surface area contributed by atoms with Crippen LogP contribution >= 0.6 is 21.0 Å². The molecule has 13 heavy (non-hydrogen) atoms. The van der Waals surface area contributed by atoms with Crippen molar-refractivity contribution in [1.29, 1.82) is 0 Å². The number of rotatable bonds is 1. The number of hydrogen-bond donors (Lipinski definition) is 0. The third kappa shape index (κ3) is 1.57. The first-order chi connectivity index (χ1) is 6.09. The largest absolute Gasteiger partial charge is 0.263 e. The molecule has 0 saturated heterocycles. The second-order valence-electron chi connectivity index (χ2n) is 2.49. The number of hydrogen-bond acceptors (Lipinski definition) is 4. The number of fused-ring (bicyclic) bond motifs is 1. The molecule has 0 spiro atoms. The summed E-state index contributed by atoms with van der Waals surface area (Å²) >= 11 is -0.574. The molecular formula is C6H6IN3O2S. The second-order valence-corrected chi connectivity index (χ2v) is 6.38. The van der Waals surface area contributed by atoms with E-state index in [4.69, 9.17) is 0 Å². The van der Waals surface area contributed by atoms with Crippen LogP contribution < -0.4 is 4.41 Å². The summed E-state index contributed by atoms with van der Waals surface area (Å²) in [6, 6.07) is 1.67. The van der Waals surface area contributed by atoms with E-state index in [9.17, 15) is 8.42 Å². The van der Waals surface area contributed by atoms with Crippen LogP contribution in [0.15, 0.2) is 21.7 Å². The van der Waals surface area contributed by atoms with Crippen molar-refractivity contribution in [2.45, 2.75) is 0 Å². The first-order valence-corrected chi connectivity index (χ1v) is 7.27. The van der Waals surface area contributed by atoms with E-state index in [0.29, 0.717) is 5.69 Å². The van der Waals surface area contributed by atoms with E-state index in [0.717, 1.165) is 14.2 Å². The van der Waals surface area contributed by atoms with Gasteiger partial charge in [0.2, 0.25) is 0 Å². The van der Waals surface area contributed by atoms with Gasteiger partial charge in [0.1, 0.15) is 0 Å². The van der Waals surface area contributed by atoms with Gasteiger partial charge in [-0.15, -0.1) is 3.25 Å². The molecule has 0 saturated carbocycles. The molecule has 0 fully saturated rings. The molecule has 0 atom stereocenters. The number of pyridine rings is 1.